The molecule has 1 saturated heterocycles. The number of aromatic carboxylic acids is 1. The molecule has 1 aromatic carbocycles. The number of nitrogens with zero attached hydrogens (tertiary/aromatic N) is 1. The number of hydrogen-bond donors (Lipinski definition) is 2. The number of ether oxygens (including phenoxy) is 1. The Balaban J connectivity index is 0.00000210. The molecule has 1 saturated carbocycles. The third-order valence-corrected chi connectivity index (χ3v) is 5.28. The number of hydrogen-bond acceptors (Lipinski definition) is 4. The van der Waals surface area contributed by atoms with Crippen LogP contribution >= 0.6 is 24.0 Å². The third-order valence-electron chi connectivity index (χ3n) is 4.93. The van der Waals surface area contributed by atoms with Gasteiger partial charge < -0.3 is 19.7 Å². The number of carboxylic acids is 1. The normalized spacial score (nSPS) is 19.1. The molecule has 0 unspecified atom stereocenters. The van der Waals surface area contributed by atoms with Crippen LogP contribution in [0, 0.1) is 5.82 Å². The van der Waals surface area contributed by atoms with Crippen molar-refractivity contribution in [1.29, 1.82) is 0 Å². The maximum absolute atomic E-state index is 14.6. The number of halogens is 3. The SMILES string of the molecule is Cl.O=C(O)c1cn(C2CC2)c2c(Cl)c(OC[C@@H]3CCCN3)c(F)cc2c1=O. The van der Waals surface area contributed by atoms with Crippen molar-refractivity contribution in [2.75, 3.05) is 13.2 Å². The molecule has 2 heterocycles. The maximum atomic E-state index is 14.6. The zero-order valence-electron chi connectivity index (χ0n) is 14.3. The molecular formula is C18H19Cl2FN2O4. The lowest BCUT2D eigenvalue weighted by Crippen LogP contribution is -2.28. The Bertz CT molecular complexity index is 953. The highest BCUT2D eigenvalue weighted by atomic mass is 35.5. The smallest absolute Gasteiger partial charge is 0.341 e. The van der Waals surface area contributed by atoms with Crippen LogP contribution in [0.4, 0.5) is 4.39 Å². The Labute approximate surface area is 165 Å². The van der Waals surface area contributed by atoms with Gasteiger partial charge in [-0.2, -0.15) is 0 Å². The van der Waals surface area contributed by atoms with Crippen LogP contribution < -0.4 is 15.5 Å². The van der Waals surface area contributed by atoms with Crippen LogP contribution in [0.1, 0.15) is 42.1 Å². The van der Waals surface area contributed by atoms with Crippen LogP contribution in [-0.4, -0.2) is 34.8 Å². The summed E-state index contributed by atoms with van der Waals surface area (Å²) in [6.07, 6.45) is 5.00. The molecule has 0 bridgehead atoms. The molecule has 1 aliphatic heterocycles. The number of carboxylic acid groups (broad SMARTS) is 1. The van der Waals surface area contributed by atoms with Crippen molar-refractivity contribution in [3.05, 3.63) is 38.9 Å². The predicted molar refractivity (Wildman–Crippen MR) is 102 cm³/mol. The van der Waals surface area contributed by atoms with E-state index in [9.17, 15) is 19.1 Å². The number of aromatic nitrogens is 1. The van der Waals surface area contributed by atoms with Gasteiger partial charge in [0.15, 0.2) is 11.6 Å². The fourth-order valence-corrected chi connectivity index (χ4v) is 3.78. The van der Waals surface area contributed by atoms with Gasteiger partial charge in [0.05, 0.1) is 10.9 Å². The number of rotatable bonds is 5. The largest absolute Gasteiger partial charge is 0.487 e. The number of nitrogens with one attached hydrogen (secondary N) is 1. The molecule has 2 fully saturated rings. The number of benzene rings is 1. The second kappa shape index (κ2) is 7.66. The Morgan fingerprint density at radius 3 is 2.74 bits per heavy atom. The average Bonchev–Trinajstić information content (AvgIpc) is 3.31. The summed E-state index contributed by atoms with van der Waals surface area (Å²) in [5.41, 5.74) is -0.794. The fourth-order valence-electron chi connectivity index (χ4n) is 3.43. The molecule has 0 radical (unpaired) electrons. The first kappa shape index (κ1) is 19.9. The molecule has 0 amide bonds. The van der Waals surface area contributed by atoms with E-state index in [1.165, 1.54) is 6.20 Å². The first-order chi connectivity index (χ1) is 12.5. The Morgan fingerprint density at radius 2 is 2.15 bits per heavy atom. The molecule has 2 aliphatic rings. The van der Waals surface area contributed by atoms with Crippen LogP contribution in [0.15, 0.2) is 17.1 Å². The molecule has 1 atom stereocenters. The summed E-state index contributed by atoms with van der Waals surface area (Å²) in [5, 5.41) is 12.5. The van der Waals surface area contributed by atoms with Gasteiger partial charge in [0, 0.05) is 18.3 Å². The molecule has 6 nitrogen and oxygen atoms in total. The lowest BCUT2D eigenvalue weighted by Gasteiger charge is -2.18. The van der Waals surface area contributed by atoms with Crippen molar-refractivity contribution < 1.29 is 19.0 Å². The van der Waals surface area contributed by atoms with Crippen LogP contribution in [0.5, 0.6) is 5.75 Å². The molecule has 1 aromatic heterocycles. The van der Waals surface area contributed by atoms with Gasteiger partial charge in [-0.15, -0.1) is 12.4 Å². The summed E-state index contributed by atoms with van der Waals surface area (Å²) in [6, 6.07) is 1.23. The molecular weight excluding hydrogens is 398 g/mol. The second-order valence-electron chi connectivity index (χ2n) is 6.82. The Morgan fingerprint density at radius 1 is 1.41 bits per heavy atom. The molecule has 2 N–H and O–H groups in total. The molecule has 146 valence electrons. The van der Waals surface area contributed by atoms with Crippen LogP contribution in [0.25, 0.3) is 10.9 Å². The van der Waals surface area contributed by atoms with E-state index >= 15 is 0 Å². The Hall–Kier alpha value is -1.83. The van der Waals surface area contributed by atoms with E-state index in [4.69, 9.17) is 16.3 Å². The van der Waals surface area contributed by atoms with E-state index in [2.05, 4.69) is 5.32 Å². The summed E-state index contributed by atoms with van der Waals surface area (Å²) in [6.45, 7) is 1.18. The zero-order chi connectivity index (χ0) is 18.4. The summed E-state index contributed by atoms with van der Waals surface area (Å²) in [7, 11) is 0. The summed E-state index contributed by atoms with van der Waals surface area (Å²) in [5.74, 6) is -2.19. The second-order valence-corrected chi connectivity index (χ2v) is 7.20. The molecule has 1 aliphatic carbocycles. The summed E-state index contributed by atoms with van der Waals surface area (Å²) in [4.78, 5) is 23.9. The van der Waals surface area contributed by atoms with E-state index in [1.54, 1.807) is 4.57 Å². The molecule has 0 spiro atoms. The zero-order valence-corrected chi connectivity index (χ0v) is 15.9. The van der Waals surface area contributed by atoms with Crippen LogP contribution in [0.3, 0.4) is 0 Å². The van der Waals surface area contributed by atoms with Gasteiger partial charge in [0.25, 0.3) is 0 Å². The molecule has 9 heteroatoms. The van der Waals surface area contributed by atoms with Crippen molar-refractivity contribution in [2.45, 2.75) is 37.8 Å². The minimum Gasteiger partial charge on any atom is -0.487 e. The molecule has 27 heavy (non-hydrogen) atoms. The Kier molecular flexibility index (Phi) is 5.65. The topological polar surface area (TPSA) is 80.6 Å². The van der Waals surface area contributed by atoms with E-state index < -0.39 is 17.2 Å². The fraction of sp³-hybridized carbons (Fsp3) is 0.444. The van der Waals surface area contributed by atoms with Gasteiger partial charge in [-0.1, -0.05) is 11.6 Å². The van der Waals surface area contributed by atoms with Crippen molar-refractivity contribution in [2.24, 2.45) is 0 Å². The van der Waals surface area contributed by atoms with Gasteiger partial charge in [0.1, 0.15) is 17.2 Å². The summed E-state index contributed by atoms with van der Waals surface area (Å²) >= 11 is 6.42. The van der Waals surface area contributed by atoms with Crippen molar-refractivity contribution in [1.82, 2.24) is 9.88 Å². The minimum atomic E-state index is -1.34. The average molecular weight is 417 g/mol. The highest BCUT2D eigenvalue weighted by Crippen LogP contribution is 2.41. The van der Waals surface area contributed by atoms with E-state index in [0.29, 0.717) is 5.52 Å². The van der Waals surface area contributed by atoms with E-state index in [-0.39, 0.29) is 52.8 Å². The lowest BCUT2D eigenvalue weighted by molar-refractivity contribution is 0.0695. The standard InChI is InChI=1S/C18H18ClFN2O4.ClH/c19-14-15-11(6-13(20)17(14)26-8-9-2-1-5-21-9)16(23)12(18(24)25)7-22(15)10-3-4-10;/h6-7,9-10,21H,1-5,8H2,(H,24,25);1H/t9-;/m0./s1. The third kappa shape index (κ3) is 3.63. The predicted octanol–water partition coefficient (Wildman–Crippen LogP) is 3.38. The quantitative estimate of drug-likeness (QED) is 0.780. The highest BCUT2D eigenvalue weighted by molar-refractivity contribution is 6.36. The first-order valence-corrected chi connectivity index (χ1v) is 9.01. The van der Waals surface area contributed by atoms with Gasteiger partial charge in [0.2, 0.25) is 5.43 Å². The van der Waals surface area contributed by atoms with E-state index in [0.717, 1.165) is 38.3 Å². The van der Waals surface area contributed by atoms with Gasteiger partial charge in [-0.3, -0.25) is 4.79 Å². The lowest BCUT2D eigenvalue weighted by atomic mass is 10.1. The highest BCUT2D eigenvalue weighted by Gasteiger charge is 2.30. The van der Waals surface area contributed by atoms with Crippen molar-refractivity contribution >= 4 is 40.9 Å². The van der Waals surface area contributed by atoms with Crippen LogP contribution in [-0.2, 0) is 0 Å². The number of fused-ring (bicyclic) bond motifs is 1. The monoisotopic (exact) mass is 416 g/mol. The van der Waals surface area contributed by atoms with Crippen molar-refractivity contribution in [3.8, 4) is 5.75 Å². The number of carbonyl (C=O) groups is 1. The van der Waals surface area contributed by atoms with E-state index in [1.807, 2.05) is 0 Å². The van der Waals surface area contributed by atoms with Gasteiger partial charge >= 0.3 is 5.97 Å². The minimum absolute atomic E-state index is 0. The first-order valence-electron chi connectivity index (χ1n) is 8.63. The van der Waals surface area contributed by atoms with Gasteiger partial charge in [-0.25, -0.2) is 9.18 Å². The molecule has 4 rings (SSSR count). The molecule has 2 aromatic rings. The van der Waals surface area contributed by atoms with Crippen molar-refractivity contribution in [3.63, 3.8) is 0 Å². The maximum Gasteiger partial charge on any atom is 0.341 e. The van der Waals surface area contributed by atoms with Crippen LogP contribution in [0.2, 0.25) is 5.02 Å². The van der Waals surface area contributed by atoms with Gasteiger partial charge in [-0.05, 0) is 38.3 Å². The summed E-state index contributed by atoms with van der Waals surface area (Å²) < 4.78 is 21.9. The number of pyridine rings is 1.